The average Bonchev–Trinajstić information content (AvgIpc) is 2.40. The van der Waals surface area contributed by atoms with Crippen LogP contribution in [0.25, 0.3) is 0 Å². The van der Waals surface area contributed by atoms with Crippen LogP contribution in [0.15, 0.2) is 12.3 Å². The van der Waals surface area contributed by atoms with Gasteiger partial charge in [-0.2, -0.15) is 0 Å². The smallest absolute Gasteiger partial charge is 0.341 e. The molecule has 0 atom stereocenters. The highest BCUT2D eigenvalue weighted by Crippen LogP contribution is 2.24. The first-order valence-electron chi connectivity index (χ1n) is 6.15. The van der Waals surface area contributed by atoms with Crippen molar-refractivity contribution in [3.8, 4) is 0 Å². The minimum absolute atomic E-state index is 0.00697. The highest BCUT2D eigenvalue weighted by molar-refractivity contribution is 6.32. The van der Waals surface area contributed by atoms with Gasteiger partial charge in [-0.15, -0.1) is 0 Å². The van der Waals surface area contributed by atoms with E-state index in [4.69, 9.17) is 16.3 Å². The molecule has 3 nitrogen and oxygen atoms in total. The summed E-state index contributed by atoms with van der Waals surface area (Å²) in [6.07, 6.45) is 6.77. The number of ether oxygens (including phenoxy) is 1. The Bertz CT molecular complexity index is 433. The van der Waals surface area contributed by atoms with Crippen molar-refractivity contribution in [3.05, 3.63) is 28.8 Å². The van der Waals surface area contributed by atoms with Crippen LogP contribution in [0.4, 0.5) is 4.39 Å². The summed E-state index contributed by atoms with van der Waals surface area (Å²) in [5.41, 5.74) is -0.00697. The molecular weight excluding hydrogens is 257 g/mol. The van der Waals surface area contributed by atoms with Crippen molar-refractivity contribution in [1.29, 1.82) is 0 Å². The van der Waals surface area contributed by atoms with E-state index in [-0.39, 0.29) is 10.7 Å². The van der Waals surface area contributed by atoms with Gasteiger partial charge in [-0.25, -0.2) is 14.2 Å². The summed E-state index contributed by atoms with van der Waals surface area (Å²) in [6.45, 7) is 0.381. The standard InChI is InChI=1S/C13H15ClFNO2/c14-12-11(6-10(15)7-16-12)13(17)18-8-9-4-2-1-3-5-9/h6-7,9H,1-5,8H2. The zero-order chi connectivity index (χ0) is 13.0. The molecular formula is C13H15ClFNO2. The van der Waals surface area contributed by atoms with Gasteiger partial charge < -0.3 is 4.74 Å². The van der Waals surface area contributed by atoms with Crippen LogP contribution in [0.2, 0.25) is 5.15 Å². The number of halogens is 2. The number of aromatic nitrogens is 1. The Kier molecular flexibility index (Phi) is 4.53. The second kappa shape index (κ2) is 6.14. The van der Waals surface area contributed by atoms with Gasteiger partial charge in [0.1, 0.15) is 11.0 Å². The number of hydrogen-bond donors (Lipinski definition) is 0. The van der Waals surface area contributed by atoms with Gasteiger partial charge in [0.2, 0.25) is 0 Å². The van der Waals surface area contributed by atoms with E-state index in [1.807, 2.05) is 0 Å². The van der Waals surface area contributed by atoms with Gasteiger partial charge >= 0.3 is 5.97 Å². The van der Waals surface area contributed by atoms with Gasteiger partial charge in [-0.05, 0) is 24.8 Å². The molecule has 1 aliphatic rings. The molecule has 0 spiro atoms. The number of hydrogen-bond acceptors (Lipinski definition) is 3. The van der Waals surface area contributed by atoms with E-state index in [0.29, 0.717) is 12.5 Å². The molecule has 0 unspecified atom stereocenters. The predicted octanol–water partition coefficient (Wildman–Crippen LogP) is 3.61. The topological polar surface area (TPSA) is 39.2 Å². The van der Waals surface area contributed by atoms with Gasteiger partial charge in [0.15, 0.2) is 0 Å². The monoisotopic (exact) mass is 271 g/mol. The highest BCUT2D eigenvalue weighted by atomic mass is 35.5. The summed E-state index contributed by atoms with van der Waals surface area (Å²) in [6, 6.07) is 1.05. The lowest BCUT2D eigenvalue weighted by Crippen LogP contribution is -2.17. The third kappa shape index (κ3) is 3.42. The van der Waals surface area contributed by atoms with Gasteiger partial charge in [0.05, 0.1) is 18.4 Å². The summed E-state index contributed by atoms with van der Waals surface area (Å²) in [7, 11) is 0. The lowest BCUT2D eigenvalue weighted by molar-refractivity contribution is 0.0409. The summed E-state index contributed by atoms with van der Waals surface area (Å²) in [4.78, 5) is 15.3. The van der Waals surface area contributed by atoms with E-state index in [9.17, 15) is 9.18 Å². The van der Waals surface area contributed by atoms with Crippen LogP contribution >= 0.6 is 11.6 Å². The first-order valence-corrected chi connectivity index (χ1v) is 6.53. The molecule has 1 aliphatic carbocycles. The van der Waals surface area contributed by atoms with E-state index in [1.54, 1.807) is 0 Å². The van der Waals surface area contributed by atoms with Crippen LogP contribution in [0.5, 0.6) is 0 Å². The summed E-state index contributed by atoms with van der Waals surface area (Å²) in [5, 5.41) is -0.0231. The molecule has 1 heterocycles. The SMILES string of the molecule is O=C(OCC1CCCCC1)c1cc(F)cnc1Cl. The third-order valence-electron chi connectivity index (χ3n) is 3.20. The van der Waals surface area contributed by atoms with Crippen LogP contribution in [-0.2, 0) is 4.74 Å². The second-order valence-electron chi connectivity index (χ2n) is 4.59. The van der Waals surface area contributed by atoms with Crippen molar-refractivity contribution in [2.24, 2.45) is 5.92 Å². The highest BCUT2D eigenvalue weighted by Gasteiger charge is 2.18. The van der Waals surface area contributed by atoms with Gasteiger partial charge in [-0.1, -0.05) is 30.9 Å². The lowest BCUT2D eigenvalue weighted by atomic mass is 9.90. The van der Waals surface area contributed by atoms with Crippen molar-refractivity contribution in [2.45, 2.75) is 32.1 Å². The summed E-state index contributed by atoms with van der Waals surface area (Å²) < 4.78 is 18.1. The number of pyridine rings is 1. The van der Waals surface area contributed by atoms with Gasteiger partial charge in [-0.3, -0.25) is 0 Å². The Hall–Kier alpha value is -1.16. The quantitative estimate of drug-likeness (QED) is 0.623. The largest absolute Gasteiger partial charge is 0.462 e. The molecule has 98 valence electrons. The molecule has 2 rings (SSSR count). The van der Waals surface area contributed by atoms with Crippen LogP contribution in [-0.4, -0.2) is 17.6 Å². The fraction of sp³-hybridized carbons (Fsp3) is 0.538. The van der Waals surface area contributed by atoms with E-state index < -0.39 is 11.8 Å². The first kappa shape index (κ1) is 13.3. The molecule has 0 saturated heterocycles. The van der Waals surface area contributed by atoms with Crippen molar-refractivity contribution >= 4 is 17.6 Å². The Morgan fingerprint density at radius 3 is 2.89 bits per heavy atom. The second-order valence-corrected chi connectivity index (χ2v) is 4.95. The van der Waals surface area contributed by atoms with Crippen molar-refractivity contribution < 1.29 is 13.9 Å². The van der Waals surface area contributed by atoms with Crippen LogP contribution in [0.3, 0.4) is 0 Å². The number of carbonyl (C=O) groups is 1. The Morgan fingerprint density at radius 1 is 1.44 bits per heavy atom. The molecule has 0 N–H and O–H groups in total. The Labute approximate surface area is 110 Å². The molecule has 0 aromatic carbocycles. The predicted molar refractivity (Wildman–Crippen MR) is 66.1 cm³/mol. The van der Waals surface area contributed by atoms with Crippen molar-refractivity contribution in [3.63, 3.8) is 0 Å². The molecule has 0 amide bonds. The number of nitrogens with zero attached hydrogens (tertiary/aromatic N) is 1. The Morgan fingerprint density at radius 2 is 2.17 bits per heavy atom. The maximum Gasteiger partial charge on any atom is 0.341 e. The molecule has 0 bridgehead atoms. The van der Waals surface area contributed by atoms with E-state index >= 15 is 0 Å². The van der Waals surface area contributed by atoms with Crippen LogP contribution < -0.4 is 0 Å². The third-order valence-corrected chi connectivity index (χ3v) is 3.50. The summed E-state index contributed by atoms with van der Waals surface area (Å²) in [5.74, 6) is -0.774. The van der Waals surface area contributed by atoms with Gasteiger partial charge in [0, 0.05) is 0 Å². The Balaban J connectivity index is 1.92. The molecule has 5 heteroatoms. The lowest BCUT2D eigenvalue weighted by Gasteiger charge is -2.21. The fourth-order valence-corrected chi connectivity index (χ4v) is 2.37. The maximum absolute atomic E-state index is 13.0. The van der Waals surface area contributed by atoms with Gasteiger partial charge in [0.25, 0.3) is 0 Å². The van der Waals surface area contributed by atoms with Crippen molar-refractivity contribution in [2.75, 3.05) is 6.61 Å². The number of rotatable bonds is 3. The molecule has 1 fully saturated rings. The van der Waals surface area contributed by atoms with E-state index in [0.717, 1.165) is 25.1 Å². The van der Waals surface area contributed by atoms with Crippen molar-refractivity contribution in [1.82, 2.24) is 4.98 Å². The van der Waals surface area contributed by atoms with Crippen LogP contribution in [0, 0.1) is 11.7 Å². The molecule has 18 heavy (non-hydrogen) atoms. The van der Waals surface area contributed by atoms with E-state index in [2.05, 4.69) is 4.98 Å². The maximum atomic E-state index is 13.0. The normalized spacial score (nSPS) is 16.6. The number of esters is 1. The zero-order valence-corrected chi connectivity index (χ0v) is 10.8. The fourth-order valence-electron chi connectivity index (χ4n) is 2.19. The van der Waals surface area contributed by atoms with Crippen LogP contribution in [0.1, 0.15) is 42.5 Å². The van der Waals surface area contributed by atoms with E-state index in [1.165, 1.54) is 19.3 Å². The molecule has 1 aromatic heterocycles. The molecule has 0 aliphatic heterocycles. The average molecular weight is 272 g/mol. The molecule has 1 saturated carbocycles. The zero-order valence-electron chi connectivity index (χ0n) is 9.99. The summed E-state index contributed by atoms with van der Waals surface area (Å²) >= 11 is 5.73. The minimum atomic E-state index is -0.599. The molecule has 0 radical (unpaired) electrons. The first-order chi connectivity index (χ1) is 8.66. The molecule has 1 aromatic rings. The minimum Gasteiger partial charge on any atom is -0.462 e. The number of carbonyl (C=O) groups excluding carboxylic acids is 1.